The molecule has 0 aliphatic heterocycles. The van der Waals surface area contributed by atoms with E-state index in [0.717, 1.165) is 0 Å². The molecule has 0 N–H and O–H groups in total. The molecule has 0 aliphatic carbocycles. The quantitative estimate of drug-likeness (QED) is 0.353. The van der Waals surface area contributed by atoms with Gasteiger partial charge in [0.25, 0.3) is 0 Å². The van der Waals surface area contributed by atoms with E-state index in [4.69, 9.17) is 14.2 Å². The van der Waals surface area contributed by atoms with Crippen molar-refractivity contribution in [3.8, 4) is 11.5 Å². The molecule has 0 unspecified atom stereocenters. The van der Waals surface area contributed by atoms with Crippen LogP contribution < -0.4 is 9.47 Å². The molecule has 0 radical (unpaired) electrons. The van der Waals surface area contributed by atoms with Crippen LogP contribution in [0.4, 0.5) is 0 Å². The van der Waals surface area contributed by atoms with Crippen LogP contribution in [0.3, 0.4) is 0 Å². The minimum atomic E-state index is -0.543. The minimum Gasteiger partial charge on any atom is -0.426 e. The summed E-state index contributed by atoms with van der Waals surface area (Å²) in [5, 5.41) is 0. The zero-order chi connectivity index (χ0) is 19.1. The van der Waals surface area contributed by atoms with Gasteiger partial charge in [-0.1, -0.05) is 30.3 Å². The third kappa shape index (κ3) is 5.31. The SMILES string of the molecule is CC(=O)OC(=Cc1ccccc1OC(C)=O)c1ccccc1OC(C)=O. The monoisotopic (exact) mass is 354 g/mol. The molecule has 0 bridgehead atoms. The first-order chi connectivity index (χ1) is 12.4. The molecule has 2 rings (SSSR count). The molecule has 0 saturated carbocycles. The first-order valence-electron chi connectivity index (χ1n) is 7.82. The van der Waals surface area contributed by atoms with Gasteiger partial charge in [0.1, 0.15) is 17.3 Å². The van der Waals surface area contributed by atoms with Crippen molar-refractivity contribution < 1.29 is 28.6 Å². The first-order valence-corrected chi connectivity index (χ1v) is 7.82. The topological polar surface area (TPSA) is 78.9 Å². The van der Waals surface area contributed by atoms with E-state index >= 15 is 0 Å². The second-order valence-electron chi connectivity index (χ2n) is 5.32. The molecule has 0 fully saturated rings. The van der Waals surface area contributed by atoms with Crippen molar-refractivity contribution in [3.05, 3.63) is 59.7 Å². The Bertz CT molecular complexity index is 866. The fourth-order valence-electron chi connectivity index (χ4n) is 2.22. The van der Waals surface area contributed by atoms with E-state index in [2.05, 4.69) is 0 Å². The van der Waals surface area contributed by atoms with Gasteiger partial charge in [0, 0.05) is 26.3 Å². The average molecular weight is 354 g/mol. The molecular formula is C20H18O6. The van der Waals surface area contributed by atoms with Crippen molar-refractivity contribution >= 4 is 29.7 Å². The first kappa shape index (κ1) is 18.9. The standard InChI is InChI=1S/C20H18O6/c1-13(21)24-18-10-6-4-8-16(18)12-20(26-15(3)23)17-9-5-7-11-19(17)25-14(2)22/h4-12H,1-3H3. The number of esters is 3. The van der Waals surface area contributed by atoms with Gasteiger partial charge in [0.05, 0.1) is 5.56 Å². The molecule has 6 heteroatoms. The fraction of sp³-hybridized carbons (Fsp3) is 0.150. The Kier molecular flexibility index (Phi) is 6.27. The molecule has 26 heavy (non-hydrogen) atoms. The Balaban J connectivity index is 2.56. The maximum absolute atomic E-state index is 11.6. The second-order valence-corrected chi connectivity index (χ2v) is 5.32. The highest BCUT2D eigenvalue weighted by Crippen LogP contribution is 2.31. The lowest BCUT2D eigenvalue weighted by molar-refractivity contribution is -0.134. The van der Waals surface area contributed by atoms with E-state index < -0.39 is 17.9 Å². The summed E-state index contributed by atoms with van der Waals surface area (Å²) in [4.78, 5) is 34.2. The molecule has 6 nitrogen and oxygen atoms in total. The molecule has 0 spiro atoms. The van der Waals surface area contributed by atoms with Gasteiger partial charge < -0.3 is 14.2 Å². The van der Waals surface area contributed by atoms with Gasteiger partial charge in [0.2, 0.25) is 0 Å². The molecular weight excluding hydrogens is 336 g/mol. The smallest absolute Gasteiger partial charge is 0.308 e. The van der Waals surface area contributed by atoms with Crippen molar-refractivity contribution in [2.45, 2.75) is 20.8 Å². The van der Waals surface area contributed by atoms with Crippen LogP contribution in [0, 0.1) is 0 Å². The molecule has 0 aliphatic rings. The van der Waals surface area contributed by atoms with Gasteiger partial charge in [-0.2, -0.15) is 0 Å². The molecule has 0 atom stereocenters. The van der Waals surface area contributed by atoms with Crippen LogP contribution in [-0.2, 0) is 19.1 Å². The van der Waals surface area contributed by atoms with E-state index in [1.807, 2.05) is 0 Å². The number of rotatable bonds is 5. The average Bonchev–Trinajstić information content (AvgIpc) is 2.55. The van der Waals surface area contributed by atoms with E-state index in [1.54, 1.807) is 54.6 Å². The molecule has 0 aromatic heterocycles. The number of carbonyl (C=O) groups is 3. The largest absolute Gasteiger partial charge is 0.426 e. The highest BCUT2D eigenvalue weighted by Gasteiger charge is 2.15. The maximum Gasteiger partial charge on any atom is 0.308 e. The molecule has 0 amide bonds. The highest BCUT2D eigenvalue weighted by molar-refractivity contribution is 5.88. The fourth-order valence-corrected chi connectivity index (χ4v) is 2.22. The lowest BCUT2D eigenvalue weighted by Gasteiger charge is -2.13. The van der Waals surface area contributed by atoms with Gasteiger partial charge in [-0.05, 0) is 24.3 Å². The number of ether oxygens (including phenoxy) is 3. The van der Waals surface area contributed by atoms with Crippen molar-refractivity contribution in [3.63, 3.8) is 0 Å². The lowest BCUT2D eigenvalue weighted by Crippen LogP contribution is -2.06. The second kappa shape index (κ2) is 8.62. The van der Waals surface area contributed by atoms with E-state index in [-0.39, 0.29) is 11.5 Å². The van der Waals surface area contributed by atoms with Crippen LogP contribution in [0.5, 0.6) is 11.5 Å². The summed E-state index contributed by atoms with van der Waals surface area (Å²) < 4.78 is 15.7. The summed E-state index contributed by atoms with van der Waals surface area (Å²) >= 11 is 0. The number of benzene rings is 2. The summed E-state index contributed by atoms with van der Waals surface area (Å²) in [7, 11) is 0. The summed E-state index contributed by atoms with van der Waals surface area (Å²) in [6.07, 6.45) is 1.54. The van der Waals surface area contributed by atoms with Crippen molar-refractivity contribution in [1.29, 1.82) is 0 Å². The predicted octanol–water partition coefficient (Wildman–Crippen LogP) is 3.60. The van der Waals surface area contributed by atoms with Gasteiger partial charge in [0.15, 0.2) is 0 Å². The van der Waals surface area contributed by atoms with Crippen molar-refractivity contribution in [2.75, 3.05) is 0 Å². The third-order valence-corrected chi connectivity index (χ3v) is 3.12. The van der Waals surface area contributed by atoms with E-state index in [0.29, 0.717) is 16.9 Å². The molecule has 0 heterocycles. The number of hydrogen-bond donors (Lipinski definition) is 0. The third-order valence-electron chi connectivity index (χ3n) is 3.12. The Labute approximate surface area is 151 Å². The Hall–Kier alpha value is -3.41. The zero-order valence-electron chi connectivity index (χ0n) is 14.6. The van der Waals surface area contributed by atoms with E-state index in [9.17, 15) is 14.4 Å². The zero-order valence-corrected chi connectivity index (χ0v) is 14.6. The van der Waals surface area contributed by atoms with Crippen LogP contribution in [0.2, 0.25) is 0 Å². The Morgan fingerprint density at radius 3 is 1.88 bits per heavy atom. The van der Waals surface area contributed by atoms with Gasteiger partial charge in [-0.25, -0.2) is 0 Å². The van der Waals surface area contributed by atoms with Gasteiger partial charge in [-0.3, -0.25) is 14.4 Å². The maximum atomic E-state index is 11.6. The normalized spacial score (nSPS) is 10.8. The predicted molar refractivity (Wildman–Crippen MR) is 95.1 cm³/mol. The van der Waals surface area contributed by atoms with Crippen LogP contribution in [0.25, 0.3) is 11.8 Å². The Morgan fingerprint density at radius 1 is 0.731 bits per heavy atom. The Morgan fingerprint density at radius 2 is 1.27 bits per heavy atom. The molecule has 134 valence electrons. The number of hydrogen-bond acceptors (Lipinski definition) is 6. The number of para-hydroxylation sites is 2. The number of carbonyl (C=O) groups excluding carboxylic acids is 3. The summed E-state index contributed by atoms with van der Waals surface area (Å²) in [5.41, 5.74) is 0.937. The van der Waals surface area contributed by atoms with Gasteiger partial charge >= 0.3 is 17.9 Å². The molecule has 2 aromatic rings. The summed E-state index contributed by atoms with van der Waals surface area (Å²) in [6, 6.07) is 13.5. The van der Waals surface area contributed by atoms with Crippen LogP contribution in [0.1, 0.15) is 31.9 Å². The van der Waals surface area contributed by atoms with Crippen LogP contribution in [-0.4, -0.2) is 17.9 Å². The summed E-state index contributed by atoms with van der Waals surface area (Å²) in [6.45, 7) is 3.84. The van der Waals surface area contributed by atoms with E-state index in [1.165, 1.54) is 20.8 Å². The van der Waals surface area contributed by atoms with Crippen molar-refractivity contribution in [2.24, 2.45) is 0 Å². The lowest BCUT2D eigenvalue weighted by atomic mass is 10.1. The van der Waals surface area contributed by atoms with Gasteiger partial charge in [-0.15, -0.1) is 0 Å². The minimum absolute atomic E-state index is 0.161. The van der Waals surface area contributed by atoms with Crippen molar-refractivity contribution in [1.82, 2.24) is 0 Å². The van der Waals surface area contributed by atoms with Crippen LogP contribution in [0.15, 0.2) is 48.5 Å². The summed E-state index contributed by atoms with van der Waals surface area (Å²) in [5.74, 6) is -0.792. The highest BCUT2D eigenvalue weighted by atomic mass is 16.5. The van der Waals surface area contributed by atoms with Crippen LogP contribution >= 0.6 is 0 Å². The molecule has 2 aromatic carbocycles. The molecule has 0 saturated heterocycles.